The summed E-state index contributed by atoms with van der Waals surface area (Å²) in [6.45, 7) is 7.19. The molecule has 7 nitrogen and oxygen atoms in total. The number of carbonyl (C=O) groups is 2. The summed E-state index contributed by atoms with van der Waals surface area (Å²) in [5.74, 6) is 0.313. The maximum Gasteiger partial charge on any atom is 0.419 e. The number of anilines is 2. The predicted octanol–water partition coefficient (Wildman–Crippen LogP) is 4.61. The van der Waals surface area contributed by atoms with Crippen LogP contribution in [0.3, 0.4) is 0 Å². The highest BCUT2D eigenvalue weighted by atomic mass is 16.6. The fraction of sp³-hybridized carbons (Fsp3) is 0.333. The van der Waals surface area contributed by atoms with Gasteiger partial charge in [-0.05, 0) is 45.0 Å². The van der Waals surface area contributed by atoms with Crippen LogP contribution in [0, 0.1) is 6.92 Å². The lowest BCUT2D eigenvalue weighted by Crippen LogP contribution is -2.36. The number of carbonyl (C=O) groups excluding carboxylic acids is 2. The van der Waals surface area contributed by atoms with Crippen LogP contribution in [-0.4, -0.2) is 38.6 Å². The summed E-state index contributed by atoms with van der Waals surface area (Å²) in [5, 5.41) is 2.58. The molecule has 0 aliphatic heterocycles. The monoisotopic (exact) mass is 386 g/mol. The Morgan fingerprint density at radius 3 is 2.46 bits per heavy atom. The number of amides is 2. The first kappa shape index (κ1) is 21.2. The van der Waals surface area contributed by atoms with Crippen LogP contribution in [0.15, 0.2) is 48.5 Å². The van der Waals surface area contributed by atoms with Gasteiger partial charge in [0.1, 0.15) is 5.75 Å². The summed E-state index contributed by atoms with van der Waals surface area (Å²) in [7, 11) is 0. The number of ether oxygens (including phenoxy) is 3. The van der Waals surface area contributed by atoms with E-state index in [1.165, 1.54) is 4.90 Å². The molecular weight excluding hydrogens is 360 g/mol. The second-order valence-corrected chi connectivity index (χ2v) is 5.93. The minimum atomic E-state index is -0.566. The van der Waals surface area contributed by atoms with E-state index in [2.05, 4.69) is 5.32 Å². The third-order valence-electron chi connectivity index (χ3n) is 3.79. The number of aryl methyl sites for hydroxylation is 1. The molecule has 0 aromatic heterocycles. The van der Waals surface area contributed by atoms with Crippen molar-refractivity contribution in [3.8, 4) is 5.75 Å². The van der Waals surface area contributed by atoms with Crippen LogP contribution in [0.5, 0.6) is 5.75 Å². The van der Waals surface area contributed by atoms with Gasteiger partial charge in [0.2, 0.25) is 0 Å². The fourth-order valence-corrected chi connectivity index (χ4v) is 2.43. The van der Waals surface area contributed by atoms with Crippen molar-refractivity contribution in [2.45, 2.75) is 20.8 Å². The zero-order valence-corrected chi connectivity index (χ0v) is 16.4. The van der Waals surface area contributed by atoms with E-state index in [-0.39, 0.29) is 6.61 Å². The van der Waals surface area contributed by atoms with Crippen LogP contribution >= 0.6 is 0 Å². The van der Waals surface area contributed by atoms with Gasteiger partial charge in [-0.25, -0.2) is 9.59 Å². The van der Waals surface area contributed by atoms with E-state index in [1.807, 2.05) is 38.1 Å². The average Bonchev–Trinajstić information content (AvgIpc) is 2.66. The summed E-state index contributed by atoms with van der Waals surface area (Å²) in [4.78, 5) is 25.8. The van der Waals surface area contributed by atoms with Crippen LogP contribution in [0.25, 0.3) is 0 Å². The fourth-order valence-electron chi connectivity index (χ4n) is 2.43. The lowest BCUT2D eigenvalue weighted by Gasteiger charge is -2.22. The van der Waals surface area contributed by atoms with Crippen LogP contribution < -0.4 is 15.0 Å². The van der Waals surface area contributed by atoms with E-state index in [4.69, 9.17) is 14.2 Å². The van der Waals surface area contributed by atoms with E-state index < -0.39 is 12.2 Å². The molecule has 0 radical (unpaired) electrons. The zero-order chi connectivity index (χ0) is 20.4. The number of hydrogen-bond acceptors (Lipinski definition) is 5. The van der Waals surface area contributed by atoms with Gasteiger partial charge in [0.05, 0.1) is 19.8 Å². The summed E-state index contributed by atoms with van der Waals surface area (Å²) < 4.78 is 15.7. The van der Waals surface area contributed by atoms with Crippen LogP contribution in [0.1, 0.15) is 19.4 Å². The van der Waals surface area contributed by atoms with Gasteiger partial charge in [-0.15, -0.1) is 0 Å². The van der Waals surface area contributed by atoms with Crippen molar-refractivity contribution in [2.24, 2.45) is 0 Å². The molecule has 2 aromatic carbocycles. The lowest BCUT2D eigenvalue weighted by atomic mass is 10.2. The normalized spacial score (nSPS) is 10.2. The summed E-state index contributed by atoms with van der Waals surface area (Å²) in [6, 6.07) is 14.2. The molecule has 0 atom stereocenters. The van der Waals surface area contributed by atoms with Gasteiger partial charge in [0.25, 0.3) is 0 Å². The summed E-state index contributed by atoms with van der Waals surface area (Å²) in [6.07, 6.45) is -1.10. The first-order chi connectivity index (χ1) is 13.5. The average molecular weight is 386 g/mol. The maximum absolute atomic E-state index is 12.8. The van der Waals surface area contributed by atoms with Gasteiger partial charge in [0, 0.05) is 24.0 Å². The molecule has 0 aliphatic rings. The van der Waals surface area contributed by atoms with E-state index >= 15 is 0 Å². The zero-order valence-electron chi connectivity index (χ0n) is 16.4. The molecule has 2 rings (SSSR count). The van der Waals surface area contributed by atoms with Crippen LogP contribution in [0.2, 0.25) is 0 Å². The minimum Gasteiger partial charge on any atom is -0.450 e. The Balaban J connectivity index is 2.11. The van der Waals surface area contributed by atoms with Crippen molar-refractivity contribution < 1.29 is 23.8 Å². The van der Waals surface area contributed by atoms with E-state index in [0.29, 0.717) is 31.2 Å². The molecule has 2 amide bonds. The number of nitrogens with zero attached hydrogens (tertiary/aromatic N) is 1. The third-order valence-corrected chi connectivity index (χ3v) is 3.79. The highest BCUT2D eigenvalue weighted by molar-refractivity contribution is 5.89. The Bertz CT molecular complexity index is 777. The molecule has 0 saturated carbocycles. The minimum absolute atomic E-state index is 0.270. The van der Waals surface area contributed by atoms with Crippen molar-refractivity contribution in [3.05, 3.63) is 54.1 Å². The highest BCUT2D eigenvalue weighted by Gasteiger charge is 2.18. The predicted molar refractivity (Wildman–Crippen MR) is 108 cm³/mol. The quantitative estimate of drug-likeness (QED) is 0.671. The molecule has 0 spiro atoms. The molecule has 0 aliphatic carbocycles. The van der Waals surface area contributed by atoms with E-state index in [0.717, 1.165) is 11.3 Å². The van der Waals surface area contributed by atoms with Gasteiger partial charge in [-0.2, -0.15) is 0 Å². The molecule has 0 unspecified atom stereocenters. The molecule has 0 fully saturated rings. The number of rotatable bonds is 8. The second-order valence-electron chi connectivity index (χ2n) is 5.93. The van der Waals surface area contributed by atoms with Crippen molar-refractivity contribution in [2.75, 3.05) is 36.6 Å². The Morgan fingerprint density at radius 2 is 1.79 bits per heavy atom. The van der Waals surface area contributed by atoms with Gasteiger partial charge in [0.15, 0.2) is 0 Å². The number of hydrogen-bond donors (Lipinski definition) is 1. The second kappa shape index (κ2) is 10.9. The largest absolute Gasteiger partial charge is 0.450 e. The Labute approximate surface area is 165 Å². The molecule has 2 aromatic rings. The smallest absolute Gasteiger partial charge is 0.419 e. The van der Waals surface area contributed by atoms with Gasteiger partial charge in [-0.3, -0.25) is 10.2 Å². The molecule has 1 N–H and O–H groups in total. The lowest BCUT2D eigenvalue weighted by molar-refractivity contribution is 0.151. The topological polar surface area (TPSA) is 77.1 Å². The van der Waals surface area contributed by atoms with Gasteiger partial charge < -0.3 is 14.2 Å². The highest BCUT2D eigenvalue weighted by Crippen LogP contribution is 2.21. The van der Waals surface area contributed by atoms with E-state index in [9.17, 15) is 9.59 Å². The SMILES string of the molecule is CCOCCN(C(=O)Oc1cccc(NC(=O)OCC)c1)c1ccc(C)cc1. The Morgan fingerprint density at radius 1 is 1.04 bits per heavy atom. The summed E-state index contributed by atoms with van der Waals surface area (Å²) >= 11 is 0. The van der Waals surface area contributed by atoms with Gasteiger partial charge in [-0.1, -0.05) is 23.8 Å². The Hall–Kier alpha value is -3.06. The van der Waals surface area contributed by atoms with Crippen molar-refractivity contribution in [1.29, 1.82) is 0 Å². The molecule has 0 bridgehead atoms. The molecule has 7 heteroatoms. The van der Waals surface area contributed by atoms with Crippen molar-refractivity contribution in [1.82, 2.24) is 0 Å². The standard InChI is InChI=1S/C21H26N2O5/c1-4-26-14-13-23(18-11-9-16(3)10-12-18)21(25)28-19-8-6-7-17(15-19)22-20(24)27-5-2/h6-12,15H,4-5,13-14H2,1-3H3,(H,22,24). The maximum atomic E-state index is 12.8. The molecule has 0 saturated heterocycles. The molecular formula is C21H26N2O5. The van der Waals surface area contributed by atoms with Crippen LogP contribution in [0.4, 0.5) is 21.0 Å². The third kappa shape index (κ3) is 6.59. The van der Waals surface area contributed by atoms with Crippen molar-refractivity contribution in [3.63, 3.8) is 0 Å². The number of benzene rings is 2. The molecule has 0 heterocycles. The van der Waals surface area contributed by atoms with E-state index in [1.54, 1.807) is 31.2 Å². The first-order valence-electron chi connectivity index (χ1n) is 9.21. The first-order valence-corrected chi connectivity index (χ1v) is 9.21. The molecule has 150 valence electrons. The summed E-state index contributed by atoms with van der Waals surface area (Å²) in [5.41, 5.74) is 2.29. The number of nitrogens with one attached hydrogen (secondary N) is 1. The van der Waals surface area contributed by atoms with Gasteiger partial charge >= 0.3 is 12.2 Å². The molecule has 28 heavy (non-hydrogen) atoms. The van der Waals surface area contributed by atoms with Crippen LogP contribution in [-0.2, 0) is 9.47 Å². The van der Waals surface area contributed by atoms with Crippen molar-refractivity contribution >= 4 is 23.6 Å². The Kier molecular flexibility index (Phi) is 8.30.